The van der Waals surface area contributed by atoms with Gasteiger partial charge in [-0.2, -0.15) is 10.2 Å². The van der Waals surface area contributed by atoms with Crippen LogP contribution in [0.25, 0.3) is 21.3 Å². The number of H-pyrrole nitrogens is 1. The van der Waals surface area contributed by atoms with Crippen molar-refractivity contribution in [1.29, 1.82) is 0 Å². The van der Waals surface area contributed by atoms with E-state index in [1.54, 1.807) is 22.2 Å². The molecule has 0 aliphatic heterocycles. The number of nitrogens with one attached hydrogen (secondary N) is 1. The highest BCUT2D eigenvalue weighted by Gasteiger charge is 2.31. The van der Waals surface area contributed by atoms with Crippen molar-refractivity contribution in [3.05, 3.63) is 75.4 Å². The van der Waals surface area contributed by atoms with Gasteiger partial charge in [-0.1, -0.05) is 30.3 Å². The van der Waals surface area contributed by atoms with Crippen LogP contribution in [-0.2, 0) is 13.0 Å². The molecule has 29 heavy (non-hydrogen) atoms. The molecule has 5 aromatic rings. The smallest absolute Gasteiger partial charge is 0.291 e. The van der Waals surface area contributed by atoms with Crippen LogP contribution < -0.4 is 5.56 Å². The number of benzene rings is 1. The molecule has 1 aliphatic rings. The molecule has 0 bridgehead atoms. The van der Waals surface area contributed by atoms with Crippen molar-refractivity contribution in [2.24, 2.45) is 0 Å². The van der Waals surface area contributed by atoms with Crippen LogP contribution in [0.2, 0.25) is 0 Å². The second kappa shape index (κ2) is 6.38. The van der Waals surface area contributed by atoms with E-state index in [0.717, 1.165) is 50.4 Å². The predicted octanol–water partition coefficient (Wildman–Crippen LogP) is 3.50. The molecular formula is C21H18N6OS. The normalized spacial score (nSPS) is 14.2. The second-order valence-corrected chi connectivity index (χ2v) is 8.56. The fraction of sp³-hybridized carbons (Fsp3) is 0.238. The van der Waals surface area contributed by atoms with Crippen LogP contribution in [0.15, 0.2) is 53.6 Å². The highest BCUT2D eigenvalue weighted by Crippen LogP contribution is 2.42. The fourth-order valence-corrected chi connectivity index (χ4v) is 4.95. The molecule has 0 saturated heterocycles. The third-order valence-corrected chi connectivity index (χ3v) is 6.45. The third-order valence-electron chi connectivity index (χ3n) is 5.37. The van der Waals surface area contributed by atoms with Crippen LogP contribution in [0.1, 0.15) is 35.1 Å². The van der Waals surface area contributed by atoms with Crippen molar-refractivity contribution in [3.63, 3.8) is 0 Å². The molecule has 1 N–H and O–H groups in total. The fourth-order valence-electron chi connectivity index (χ4n) is 3.86. The first-order chi connectivity index (χ1) is 14.3. The van der Waals surface area contributed by atoms with Crippen LogP contribution in [0.3, 0.4) is 0 Å². The van der Waals surface area contributed by atoms with Gasteiger partial charge in [0.15, 0.2) is 5.65 Å². The van der Waals surface area contributed by atoms with Gasteiger partial charge in [-0.3, -0.25) is 9.89 Å². The maximum Gasteiger partial charge on any atom is 0.291 e. The van der Waals surface area contributed by atoms with Crippen LogP contribution >= 0.6 is 11.3 Å². The topological polar surface area (TPSA) is 81.4 Å². The molecule has 0 unspecified atom stereocenters. The first-order valence-corrected chi connectivity index (χ1v) is 10.5. The van der Waals surface area contributed by atoms with Gasteiger partial charge in [0.05, 0.1) is 17.4 Å². The Labute approximate surface area is 169 Å². The van der Waals surface area contributed by atoms with Crippen LogP contribution in [0, 0.1) is 0 Å². The first kappa shape index (κ1) is 16.7. The van der Waals surface area contributed by atoms with Gasteiger partial charge in [-0.25, -0.2) is 9.67 Å². The Bertz CT molecular complexity index is 1380. The summed E-state index contributed by atoms with van der Waals surface area (Å²) in [6.45, 7) is 0.470. The van der Waals surface area contributed by atoms with Crippen LogP contribution in [0.5, 0.6) is 0 Å². The average Bonchev–Trinajstić information content (AvgIpc) is 3.15. The zero-order valence-electron chi connectivity index (χ0n) is 15.6. The highest BCUT2D eigenvalue weighted by molar-refractivity contribution is 7.19. The molecule has 6 rings (SSSR count). The number of thiazole rings is 1. The molecule has 7 nitrogen and oxygen atoms in total. The van der Waals surface area contributed by atoms with Gasteiger partial charge in [0, 0.05) is 29.7 Å². The zero-order chi connectivity index (χ0) is 19.4. The van der Waals surface area contributed by atoms with Gasteiger partial charge in [0.1, 0.15) is 10.5 Å². The standard InChI is InChI=1S/C21H18N6OS/c28-21-18-16(11-23-26(21)12-13-4-2-1-3-5-13)19-20(27(18)15-6-7-15)24-17(29-19)10-14-8-9-22-25-14/h1-5,8-9,11,15H,6-7,10,12H2,(H,22,25). The molecule has 0 amide bonds. The van der Waals surface area contributed by atoms with E-state index in [-0.39, 0.29) is 5.56 Å². The van der Waals surface area contributed by atoms with Gasteiger partial charge >= 0.3 is 0 Å². The Kier molecular flexibility index (Phi) is 3.67. The van der Waals surface area contributed by atoms with E-state index in [2.05, 4.69) is 19.9 Å². The minimum absolute atomic E-state index is 0.0430. The lowest BCUT2D eigenvalue weighted by atomic mass is 10.2. The van der Waals surface area contributed by atoms with Gasteiger partial charge in [-0.05, 0) is 24.5 Å². The number of nitrogens with zero attached hydrogens (tertiary/aromatic N) is 5. The van der Waals surface area contributed by atoms with Gasteiger partial charge in [0.25, 0.3) is 5.56 Å². The molecule has 1 aliphatic carbocycles. The van der Waals surface area contributed by atoms with Crippen molar-refractivity contribution in [2.75, 3.05) is 0 Å². The van der Waals surface area contributed by atoms with Crippen molar-refractivity contribution in [3.8, 4) is 0 Å². The molecule has 0 spiro atoms. The zero-order valence-corrected chi connectivity index (χ0v) is 16.4. The predicted molar refractivity (Wildman–Crippen MR) is 112 cm³/mol. The van der Waals surface area contributed by atoms with Crippen molar-refractivity contribution in [1.82, 2.24) is 29.5 Å². The summed E-state index contributed by atoms with van der Waals surface area (Å²) in [5, 5.41) is 13.4. The lowest BCUT2D eigenvalue weighted by molar-refractivity contribution is 0.640. The maximum atomic E-state index is 13.3. The van der Waals surface area contributed by atoms with E-state index in [9.17, 15) is 4.79 Å². The molecular weight excluding hydrogens is 384 g/mol. The van der Waals surface area contributed by atoms with E-state index >= 15 is 0 Å². The molecule has 4 aromatic heterocycles. The number of fused-ring (bicyclic) bond motifs is 3. The van der Waals surface area contributed by atoms with Gasteiger partial charge in [0.2, 0.25) is 0 Å². The largest absolute Gasteiger partial charge is 0.317 e. The molecule has 1 aromatic carbocycles. The summed E-state index contributed by atoms with van der Waals surface area (Å²) in [5.74, 6) is 0. The summed E-state index contributed by atoms with van der Waals surface area (Å²) >= 11 is 1.64. The van der Waals surface area contributed by atoms with Gasteiger partial charge < -0.3 is 4.57 Å². The molecule has 4 heterocycles. The minimum atomic E-state index is -0.0430. The molecule has 8 heteroatoms. The number of aromatic amines is 1. The van der Waals surface area contributed by atoms with E-state index in [0.29, 0.717) is 19.0 Å². The second-order valence-electron chi connectivity index (χ2n) is 7.48. The lowest BCUT2D eigenvalue weighted by Crippen LogP contribution is -2.24. The number of rotatable bonds is 5. The van der Waals surface area contributed by atoms with E-state index < -0.39 is 0 Å². The van der Waals surface area contributed by atoms with Crippen LogP contribution in [0.4, 0.5) is 0 Å². The Morgan fingerprint density at radius 2 is 2.03 bits per heavy atom. The Balaban J connectivity index is 1.50. The monoisotopic (exact) mass is 402 g/mol. The summed E-state index contributed by atoms with van der Waals surface area (Å²) in [6, 6.07) is 12.3. The van der Waals surface area contributed by atoms with E-state index in [1.165, 1.54) is 0 Å². The molecule has 1 fully saturated rings. The molecule has 0 atom stereocenters. The average molecular weight is 402 g/mol. The summed E-state index contributed by atoms with van der Waals surface area (Å²) in [7, 11) is 0. The Morgan fingerprint density at radius 1 is 1.17 bits per heavy atom. The Morgan fingerprint density at radius 3 is 2.79 bits per heavy atom. The van der Waals surface area contributed by atoms with Crippen molar-refractivity contribution < 1.29 is 0 Å². The van der Waals surface area contributed by atoms with Gasteiger partial charge in [-0.15, -0.1) is 11.3 Å². The molecule has 0 radical (unpaired) electrons. The SMILES string of the molecule is O=c1c2c(cnn1Cc1ccccc1)c1sc(Cc3ccn[nH]3)nc1n2C1CC1. The van der Waals surface area contributed by atoms with Crippen LogP contribution in [-0.4, -0.2) is 29.5 Å². The van der Waals surface area contributed by atoms with E-state index in [1.807, 2.05) is 42.6 Å². The maximum absolute atomic E-state index is 13.3. The summed E-state index contributed by atoms with van der Waals surface area (Å²) in [4.78, 5) is 18.2. The first-order valence-electron chi connectivity index (χ1n) is 9.69. The number of hydrogen-bond donors (Lipinski definition) is 1. The summed E-state index contributed by atoms with van der Waals surface area (Å²) in [6.07, 6.45) is 6.48. The summed E-state index contributed by atoms with van der Waals surface area (Å²) < 4.78 is 4.77. The van der Waals surface area contributed by atoms with Crippen molar-refractivity contribution >= 4 is 32.6 Å². The molecule has 144 valence electrons. The number of aromatic nitrogens is 6. The summed E-state index contributed by atoms with van der Waals surface area (Å²) in [5.41, 5.74) is 3.71. The van der Waals surface area contributed by atoms with E-state index in [4.69, 9.17) is 4.98 Å². The lowest BCUT2D eigenvalue weighted by Gasteiger charge is -2.07. The highest BCUT2D eigenvalue weighted by atomic mass is 32.1. The Hall–Kier alpha value is -3.26. The molecule has 1 saturated carbocycles. The van der Waals surface area contributed by atoms with Crippen molar-refractivity contribution in [2.45, 2.75) is 31.8 Å². The number of hydrogen-bond acceptors (Lipinski definition) is 5. The minimum Gasteiger partial charge on any atom is -0.317 e. The third kappa shape index (κ3) is 2.79. The quantitative estimate of drug-likeness (QED) is 0.488.